The number of hydrogen-bond acceptors (Lipinski definition) is 5. The Hall–Kier alpha value is -2.97. The first-order chi connectivity index (χ1) is 11.6. The summed E-state index contributed by atoms with van der Waals surface area (Å²) in [5.74, 6) is 3.87. The fourth-order valence-electron chi connectivity index (χ4n) is 2.68. The van der Waals surface area contributed by atoms with Crippen LogP contribution in [0.5, 0.6) is 11.5 Å². The number of hydrogen-bond donors (Lipinski definition) is 1. The molecule has 0 atom stereocenters. The number of ether oxygens (including phenoxy) is 2. The Morgan fingerprint density at radius 1 is 1.08 bits per heavy atom. The van der Waals surface area contributed by atoms with Crippen molar-refractivity contribution in [3.63, 3.8) is 0 Å². The van der Waals surface area contributed by atoms with Crippen LogP contribution >= 0.6 is 12.4 Å². The van der Waals surface area contributed by atoms with E-state index < -0.39 is 0 Å². The van der Waals surface area contributed by atoms with E-state index in [1.807, 2.05) is 25.1 Å². The highest BCUT2D eigenvalue weighted by atomic mass is 35.5. The van der Waals surface area contributed by atoms with Crippen LogP contribution in [0.25, 0.3) is 22.2 Å². The molecule has 0 aliphatic carbocycles. The Labute approximate surface area is 152 Å². The van der Waals surface area contributed by atoms with Gasteiger partial charge in [-0.1, -0.05) is 12.0 Å². The van der Waals surface area contributed by atoms with Crippen LogP contribution in [0.1, 0.15) is 11.1 Å². The maximum atomic E-state index is 6.30. The van der Waals surface area contributed by atoms with Gasteiger partial charge in [-0.05, 0) is 24.6 Å². The lowest BCUT2D eigenvalue weighted by Gasteiger charge is -2.14. The molecular formula is C19H18ClN3O2. The van der Waals surface area contributed by atoms with Gasteiger partial charge in [0, 0.05) is 28.3 Å². The molecule has 25 heavy (non-hydrogen) atoms. The molecular weight excluding hydrogens is 338 g/mol. The third-order valence-corrected chi connectivity index (χ3v) is 4.00. The van der Waals surface area contributed by atoms with Gasteiger partial charge in [-0.15, -0.1) is 18.8 Å². The second-order valence-corrected chi connectivity index (χ2v) is 5.31. The number of nitrogens with two attached hydrogens (primary N) is 1. The van der Waals surface area contributed by atoms with Gasteiger partial charge >= 0.3 is 0 Å². The summed E-state index contributed by atoms with van der Waals surface area (Å²) in [6.45, 7) is 1.94. The number of anilines is 1. The quantitative estimate of drug-likeness (QED) is 0.574. The second kappa shape index (κ2) is 7.29. The number of nitrogens with zero attached hydrogens (tertiary/aromatic N) is 2. The van der Waals surface area contributed by atoms with Crippen molar-refractivity contribution in [2.24, 2.45) is 0 Å². The van der Waals surface area contributed by atoms with Crippen LogP contribution in [0.15, 0.2) is 30.6 Å². The van der Waals surface area contributed by atoms with E-state index in [0.29, 0.717) is 28.4 Å². The van der Waals surface area contributed by atoms with Crippen molar-refractivity contribution >= 4 is 29.0 Å². The van der Waals surface area contributed by atoms with Crippen LogP contribution in [-0.4, -0.2) is 24.2 Å². The van der Waals surface area contributed by atoms with Crippen molar-refractivity contribution < 1.29 is 9.47 Å². The number of aromatic nitrogens is 2. The third-order valence-electron chi connectivity index (χ3n) is 4.00. The summed E-state index contributed by atoms with van der Waals surface area (Å²) in [5, 5.41) is 0.795. The number of benzene rings is 2. The van der Waals surface area contributed by atoms with E-state index in [1.54, 1.807) is 20.3 Å². The zero-order chi connectivity index (χ0) is 17.3. The predicted octanol–water partition coefficient (Wildman–Crippen LogP) is 3.61. The van der Waals surface area contributed by atoms with Crippen LogP contribution < -0.4 is 15.2 Å². The molecule has 6 heteroatoms. The largest absolute Gasteiger partial charge is 0.493 e. The average molecular weight is 356 g/mol. The molecule has 0 aliphatic heterocycles. The molecule has 1 aromatic heterocycles. The van der Waals surface area contributed by atoms with Crippen LogP contribution in [-0.2, 0) is 0 Å². The Morgan fingerprint density at radius 3 is 2.40 bits per heavy atom. The van der Waals surface area contributed by atoms with Crippen molar-refractivity contribution in [1.29, 1.82) is 0 Å². The van der Waals surface area contributed by atoms with Crippen LogP contribution in [0.2, 0.25) is 0 Å². The molecule has 0 spiro atoms. The van der Waals surface area contributed by atoms with Gasteiger partial charge in [0.1, 0.15) is 6.33 Å². The molecule has 0 amide bonds. The van der Waals surface area contributed by atoms with E-state index in [0.717, 1.165) is 22.0 Å². The fourth-order valence-corrected chi connectivity index (χ4v) is 2.68. The van der Waals surface area contributed by atoms with E-state index in [-0.39, 0.29) is 12.4 Å². The lowest BCUT2D eigenvalue weighted by Crippen LogP contribution is -2.00. The summed E-state index contributed by atoms with van der Waals surface area (Å²) in [4.78, 5) is 8.76. The summed E-state index contributed by atoms with van der Waals surface area (Å²) >= 11 is 0. The molecule has 0 fully saturated rings. The number of fused-ring (bicyclic) bond motifs is 1. The van der Waals surface area contributed by atoms with Gasteiger partial charge in [0.25, 0.3) is 0 Å². The van der Waals surface area contributed by atoms with Crippen molar-refractivity contribution in [1.82, 2.24) is 9.97 Å². The van der Waals surface area contributed by atoms with Crippen LogP contribution in [0.3, 0.4) is 0 Å². The summed E-state index contributed by atoms with van der Waals surface area (Å²) in [5.41, 5.74) is 10.7. The predicted molar refractivity (Wildman–Crippen MR) is 102 cm³/mol. The Morgan fingerprint density at radius 2 is 1.76 bits per heavy atom. The topological polar surface area (TPSA) is 70.3 Å². The lowest BCUT2D eigenvalue weighted by molar-refractivity contribution is 0.356. The third kappa shape index (κ3) is 3.04. The minimum absolute atomic E-state index is 0. The maximum Gasteiger partial charge on any atom is 0.162 e. The highest BCUT2D eigenvalue weighted by Gasteiger charge is 2.17. The maximum absolute atomic E-state index is 6.30. The molecule has 0 aliphatic rings. The summed E-state index contributed by atoms with van der Waals surface area (Å²) < 4.78 is 10.7. The van der Waals surface area contributed by atoms with Gasteiger partial charge in [0.15, 0.2) is 11.5 Å². The molecule has 5 nitrogen and oxygen atoms in total. The normalized spacial score (nSPS) is 10.0. The second-order valence-electron chi connectivity index (χ2n) is 5.31. The van der Waals surface area contributed by atoms with Crippen molar-refractivity contribution in [2.75, 3.05) is 20.0 Å². The number of terminal acetylenes is 1. The van der Waals surface area contributed by atoms with Crippen molar-refractivity contribution in [2.45, 2.75) is 6.92 Å². The zero-order valence-corrected chi connectivity index (χ0v) is 15.0. The van der Waals surface area contributed by atoms with Crippen LogP contribution in [0, 0.1) is 19.3 Å². The van der Waals surface area contributed by atoms with Gasteiger partial charge in [0.05, 0.1) is 25.4 Å². The molecule has 0 unspecified atom stereocenters. The van der Waals surface area contributed by atoms with Gasteiger partial charge < -0.3 is 15.2 Å². The first-order valence-electron chi connectivity index (χ1n) is 7.33. The Balaban J connectivity index is 0.00000225. The fraction of sp³-hybridized carbons (Fsp3) is 0.158. The van der Waals surface area contributed by atoms with Gasteiger partial charge in [-0.25, -0.2) is 9.97 Å². The smallest absolute Gasteiger partial charge is 0.162 e. The highest BCUT2D eigenvalue weighted by molar-refractivity contribution is 5.99. The summed E-state index contributed by atoms with van der Waals surface area (Å²) in [6.07, 6.45) is 7.15. The van der Waals surface area contributed by atoms with E-state index in [1.165, 1.54) is 6.33 Å². The van der Waals surface area contributed by atoms with Crippen LogP contribution in [0.4, 0.5) is 5.69 Å². The van der Waals surface area contributed by atoms with E-state index in [9.17, 15) is 0 Å². The van der Waals surface area contributed by atoms with Crippen molar-refractivity contribution in [3.8, 4) is 35.1 Å². The number of rotatable bonds is 3. The first kappa shape index (κ1) is 18.4. The van der Waals surface area contributed by atoms with Gasteiger partial charge in [-0.3, -0.25) is 0 Å². The summed E-state index contributed by atoms with van der Waals surface area (Å²) in [7, 11) is 3.17. The average Bonchev–Trinajstić information content (AvgIpc) is 2.62. The molecule has 2 aromatic carbocycles. The molecule has 1 heterocycles. The van der Waals surface area contributed by atoms with E-state index >= 15 is 0 Å². The minimum atomic E-state index is 0. The zero-order valence-electron chi connectivity index (χ0n) is 14.2. The number of aryl methyl sites for hydroxylation is 1. The molecule has 0 bridgehead atoms. The molecule has 3 aromatic rings. The van der Waals surface area contributed by atoms with Crippen molar-refractivity contribution in [3.05, 3.63) is 41.7 Å². The molecule has 128 valence electrons. The molecule has 0 saturated carbocycles. The molecule has 0 saturated heterocycles. The molecule has 0 radical (unpaired) electrons. The number of methoxy groups -OCH3 is 2. The molecule has 2 N–H and O–H groups in total. The number of halogens is 1. The SMILES string of the molecule is C#Cc1ccc(C)c(N)c1-c1ncnc2cc(OC)c(OC)cc12.Cl. The standard InChI is InChI=1S/C19H17N3O2.ClH/c1-5-12-7-6-11(2)18(20)17(12)19-13-8-15(23-3)16(24-4)9-14(13)21-10-22-19;/h1,6-10H,20H2,2-4H3;1H. The first-order valence-corrected chi connectivity index (χ1v) is 7.33. The lowest BCUT2D eigenvalue weighted by atomic mass is 9.96. The van der Waals surface area contributed by atoms with E-state index in [2.05, 4.69) is 15.9 Å². The Bertz CT molecular complexity index is 981. The minimum Gasteiger partial charge on any atom is -0.493 e. The van der Waals surface area contributed by atoms with Gasteiger partial charge in [0.2, 0.25) is 0 Å². The summed E-state index contributed by atoms with van der Waals surface area (Å²) in [6, 6.07) is 7.42. The molecule has 3 rings (SSSR count). The number of nitrogen functional groups attached to an aromatic ring is 1. The van der Waals surface area contributed by atoms with Gasteiger partial charge in [-0.2, -0.15) is 0 Å². The monoisotopic (exact) mass is 355 g/mol. The Kier molecular flexibility index (Phi) is 5.35. The highest BCUT2D eigenvalue weighted by Crippen LogP contribution is 2.38. The van der Waals surface area contributed by atoms with E-state index in [4.69, 9.17) is 21.6 Å².